The first kappa shape index (κ1) is 18.7. The van der Waals surface area contributed by atoms with Gasteiger partial charge in [-0.1, -0.05) is 0 Å². The quantitative estimate of drug-likeness (QED) is 0.724. The lowest BCUT2D eigenvalue weighted by molar-refractivity contribution is 0.0841. The van der Waals surface area contributed by atoms with Gasteiger partial charge in [-0.25, -0.2) is 0 Å². The summed E-state index contributed by atoms with van der Waals surface area (Å²) >= 11 is 0. The van der Waals surface area contributed by atoms with Crippen LogP contribution in [0.15, 0.2) is 36.4 Å². The fourth-order valence-electron chi connectivity index (χ4n) is 2.51. The molecule has 1 amide bonds. The van der Waals surface area contributed by atoms with Crippen molar-refractivity contribution in [2.45, 2.75) is 6.10 Å². The van der Waals surface area contributed by atoms with Crippen LogP contribution in [0.4, 0.5) is 0 Å². The number of methoxy groups -OCH3 is 2. The Labute approximate surface area is 156 Å². The van der Waals surface area contributed by atoms with Crippen molar-refractivity contribution in [2.75, 3.05) is 34.2 Å². The predicted molar refractivity (Wildman–Crippen MR) is 95.9 cm³/mol. The van der Waals surface area contributed by atoms with E-state index in [1.807, 2.05) is 0 Å². The summed E-state index contributed by atoms with van der Waals surface area (Å²) in [5.74, 6) is 2.40. The van der Waals surface area contributed by atoms with E-state index in [9.17, 15) is 9.90 Å². The zero-order chi connectivity index (χ0) is 19.2. The molecule has 0 saturated heterocycles. The highest BCUT2D eigenvalue weighted by Gasteiger charge is 2.16. The first-order valence-corrected chi connectivity index (χ1v) is 8.31. The number of ether oxygens (including phenoxy) is 5. The molecule has 1 aliphatic heterocycles. The summed E-state index contributed by atoms with van der Waals surface area (Å²) in [6.45, 7) is 0.223. The molecule has 1 atom stereocenters. The SMILES string of the molecule is COc1ccc(C(=O)NCC(O)COc2ccc3c(c2)OCO3)c(OC)c1. The predicted octanol–water partition coefficient (Wildman–Crippen LogP) is 1.60. The van der Waals surface area contributed by atoms with Gasteiger partial charge in [-0.05, 0) is 24.3 Å². The van der Waals surface area contributed by atoms with Crippen LogP contribution in [-0.2, 0) is 0 Å². The third kappa shape index (κ3) is 4.53. The van der Waals surface area contributed by atoms with Gasteiger partial charge in [-0.15, -0.1) is 0 Å². The molecule has 0 saturated carbocycles. The van der Waals surface area contributed by atoms with E-state index >= 15 is 0 Å². The molecule has 0 fully saturated rings. The second-order valence-corrected chi connectivity index (χ2v) is 5.76. The van der Waals surface area contributed by atoms with Gasteiger partial charge in [0.15, 0.2) is 11.5 Å². The summed E-state index contributed by atoms with van der Waals surface area (Å²) in [5, 5.41) is 12.7. The number of benzene rings is 2. The topological polar surface area (TPSA) is 95.5 Å². The fourth-order valence-corrected chi connectivity index (χ4v) is 2.51. The standard InChI is InChI=1S/C19H21NO7/c1-23-13-3-5-15(17(7-13)24-2)19(22)20-9-12(21)10-25-14-4-6-16-18(8-14)27-11-26-16/h3-8,12,21H,9-11H2,1-2H3,(H,20,22). The van der Waals surface area contributed by atoms with Gasteiger partial charge in [0.05, 0.1) is 19.8 Å². The number of amides is 1. The number of carbonyl (C=O) groups excluding carboxylic acids is 1. The maximum atomic E-state index is 12.3. The summed E-state index contributed by atoms with van der Waals surface area (Å²) in [6, 6.07) is 10.0. The highest BCUT2D eigenvalue weighted by molar-refractivity contribution is 5.97. The maximum absolute atomic E-state index is 12.3. The molecule has 8 nitrogen and oxygen atoms in total. The molecule has 0 radical (unpaired) electrons. The lowest BCUT2D eigenvalue weighted by atomic mass is 10.1. The Bertz CT molecular complexity index is 809. The van der Waals surface area contributed by atoms with Crippen LogP contribution in [0.25, 0.3) is 0 Å². The highest BCUT2D eigenvalue weighted by Crippen LogP contribution is 2.35. The number of aliphatic hydroxyl groups excluding tert-OH is 1. The van der Waals surface area contributed by atoms with E-state index in [0.29, 0.717) is 34.3 Å². The van der Waals surface area contributed by atoms with Crippen molar-refractivity contribution in [3.63, 3.8) is 0 Å². The summed E-state index contributed by atoms with van der Waals surface area (Å²) in [4.78, 5) is 12.3. The Hall–Kier alpha value is -3.13. The largest absolute Gasteiger partial charge is 0.497 e. The van der Waals surface area contributed by atoms with Crippen LogP contribution in [0.2, 0.25) is 0 Å². The molecule has 144 valence electrons. The molecular weight excluding hydrogens is 354 g/mol. The molecule has 1 unspecified atom stereocenters. The van der Waals surface area contributed by atoms with E-state index < -0.39 is 6.10 Å². The minimum absolute atomic E-state index is 0.0136. The van der Waals surface area contributed by atoms with Gasteiger partial charge in [-0.2, -0.15) is 0 Å². The molecular formula is C19H21NO7. The van der Waals surface area contributed by atoms with E-state index in [4.69, 9.17) is 23.7 Å². The molecule has 0 bridgehead atoms. The van der Waals surface area contributed by atoms with Crippen molar-refractivity contribution in [3.05, 3.63) is 42.0 Å². The Morgan fingerprint density at radius 3 is 2.67 bits per heavy atom. The van der Waals surface area contributed by atoms with Gasteiger partial charge in [-0.3, -0.25) is 4.79 Å². The monoisotopic (exact) mass is 375 g/mol. The number of carbonyl (C=O) groups is 1. The molecule has 0 aliphatic carbocycles. The van der Waals surface area contributed by atoms with Crippen molar-refractivity contribution >= 4 is 5.91 Å². The van der Waals surface area contributed by atoms with Crippen molar-refractivity contribution in [1.82, 2.24) is 5.32 Å². The second kappa shape index (κ2) is 8.50. The van der Waals surface area contributed by atoms with Crippen molar-refractivity contribution < 1.29 is 33.6 Å². The second-order valence-electron chi connectivity index (χ2n) is 5.76. The molecule has 1 aliphatic rings. The average molecular weight is 375 g/mol. The lowest BCUT2D eigenvalue weighted by Crippen LogP contribution is -2.35. The Kier molecular flexibility index (Phi) is 5.87. The van der Waals surface area contributed by atoms with E-state index in [-0.39, 0.29) is 25.9 Å². The van der Waals surface area contributed by atoms with Gasteiger partial charge in [0.2, 0.25) is 6.79 Å². The van der Waals surface area contributed by atoms with E-state index in [1.54, 1.807) is 36.4 Å². The number of rotatable bonds is 8. The highest BCUT2D eigenvalue weighted by atomic mass is 16.7. The first-order valence-electron chi connectivity index (χ1n) is 8.31. The van der Waals surface area contributed by atoms with Crippen LogP contribution in [0.3, 0.4) is 0 Å². The first-order chi connectivity index (χ1) is 13.1. The van der Waals surface area contributed by atoms with Crippen molar-refractivity contribution in [3.8, 4) is 28.7 Å². The maximum Gasteiger partial charge on any atom is 0.255 e. The van der Waals surface area contributed by atoms with Gasteiger partial charge in [0, 0.05) is 18.7 Å². The van der Waals surface area contributed by atoms with Crippen LogP contribution >= 0.6 is 0 Å². The smallest absolute Gasteiger partial charge is 0.255 e. The Morgan fingerprint density at radius 2 is 1.89 bits per heavy atom. The van der Waals surface area contributed by atoms with E-state index in [0.717, 1.165) is 0 Å². The number of hydrogen-bond acceptors (Lipinski definition) is 7. The van der Waals surface area contributed by atoms with Crippen molar-refractivity contribution in [1.29, 1.82) is 0 Å². The molecule has 2 aromatic carbocycles. The number of hydrogen-bond donors (Lipinski definition) is 2. The fraction of sp³-hybridized carbons (Fsp3) is 0.316. The normalized spacial score (nSPS) is 13.0. The van der Waals surface area contributed by atoms with Gasteiger partial charge in [0.25, 0.3) is 5.91 Å². The summed E-state index contributed by atoms with van der Waals surface area (Å²) in [7, 11) is 3.00. The Balaban J connectivity index is 1.50. The summed E-state index contributed by atoms with van der Waals surface area (Å²) in [6.07, 6.45) is -0.886. The van der Waals surface area contributed by atoms with Crippen LogP contribution in [0.5, 0.6) is 28.7 Å². The molecule has 3 rings (SSSR count). The average Bonchev–Trinajstić information content (AvgIpc) is 3.17. The van der Waals surface area contributed by atoms with Gasteiger partial charge in [0.1, 0.15) is 30.0 Å². The zero-order valence-corrected chi connectivity index (χ0v) is 15.1. The van der Waals surface area contributed by atoms with Crippen molar-refractivity contribution in [2.24, 2.45) is 0 Å². The summed E-state index contributed by atoms with van der Waals surface area (Å²) < 4.78 is 26.3. The van der Waals surface area contributed by atoms with Crippen LogP contribution in [-0.4, -0.2) is 51.3 Å². The third-order valence-corrected chi connectivity index (χ3v) is 3.94. The van der Waals surface area contributed by atoms with Gasteiger partial charge >= 0.3 is 0 Å². The molecule has 1 heterocycles. The number of aliphatic hydroxyl groups is 1. The van der Waals surface area contributed by atoms with Crippen LogP contribution in [0.1, 0.15) is 10.4 Å². The molecule has 0 spiro atoms. The molecule has 8 heteroatoms. The lowest BCUT2D eigenvalue weighted by Gasteiger charge is -2.15. The third-order valence-electron chi connectivity index (χ3n) is 3.94. The Morgan fingerprint density at radius 1 is 1.11 bits per heavy atom. The number of nitrogens with one attached hydrogen (secondary N) is 1. The molecule has 2 N–H and O–H groups in total. The molecule has 0 aromatic heterocycles. The zero-order valence-electron chi connectivity index (χ0n) is 15.1. The number of fused-ring (bicyclic) bond motifs is 1. The molecule has 2 aromatic rings. The molecule has 27 heavy (non-hydrogen) atoms. The van der Waals surface area contributed by atoms with Crippen LogP contribution < -0.4 is 29.0 Å². The van der Waals surface area contributed by atoms with Crippen LogP contribution in [0, 0.1) is 0 Å². The minimum Gasteiger partial charge on any atom is -0.497 e. The van der Waals surface area contributed by atoms with E-state index in [2.05, 4.69) is 5.32 Å². The van der Waals surface area contributed by atoms with Gasteiger partial charge < -0.3 is 34.1 Å². The van der Waals surface area contributed by atoms with E-state index in [1.165, 1.54) is 14.2 Å². The minimum atomic E-state index is -0.886. The summed E-state index contributed by atoms with van der Waals surface area (Å²) in [5.41, 5.74) is 0.349.